The van der Waals surface area contributed by atoms with Gasteiger partial charge in [-0.1, -0.05) is 18.2 Å². The Kier molecular flexibility index (Phi) is 8.83. The second-order valence-electron chi connectivity index (χ2n) is 2.87. The highest BCUT2D eigenvalue weighted by atomic mass is 33.1. The zero-order valence-electron chi connectivity index (χ0n) is 9.16. The van der Waals surface area contributed by atoms with Gasteiger partial charge in [-0.15, -0.1) is 6.58 Å². The van der Waals surface area contributed by atoms with Crippen molar-refractivity contribution in [3.63, 3.8) is 0 Å². The molecule has 0 aliphatic carbocycles. The predicted octanol–water partition coefficient (Wildman–Crippen LogP) is 2.07. The van der Waals surface area contributed by atoms with Gasteiger partial charge in [0.25, 0.3) is 0 Å². The highest BCUT2D eigenvalue weighted by molar-refractivity contribution is 8.73. The maximum Gasteiger partial charge on any atom is 0.157 e. The third kappa shape index (κ3) is 9.08. The minimum absolute atomic E-state index is 0.0241. The van der Waals surface area contributed by atoms with Crippen LogP contribution >= 0.6 is 10.8 Å². The van der Waals surface area contributed by atoms with Crippen LogP contribution in [-0.4, -0.2) is 30.2 Å². The summed E-state index contributed by atoms with van der Waals surface area (Å²) in [6, 6.07) is 0. The Hall–Kier alpha value is -0.170. The quantitative estimate of drug-likeness (QED) is 0.388. The molecule has 0 rings (SSSR count). The zero-order valence-corrected chi connectivity index (χ0v) is 11.6. The lowest BCUT2D eigenvalue weighted by Crippen LogP contribution is -2.06. The Balaban J connectivity index is 3.89. The number of hydrogen-bond acceptors (Lipinski definition) is 4. The maximum absolute atomic E-state index is 11.3. The molecule has 3 nitrogen and oxygen atoms in total. The molecular formula is C10H16O3S3. The first kappa shape index (κ1) is 15.8. The van der Waals surface area contributed by atoms with Gasteiger partial charge >= 0.3 is 0 Å². The molecule has 1 atom stereocenters. The molecule has 1 unspecified atom stereocenters. The topological polar surface area (TPSA) is 57.2 Å². The van der Waals surface area contributed by atoms with Gasteiger partial charge in [0, 0.05) is 15.6 Å². The standard InChI is InChI=1S/C10H16O3S3/c1-3-5-8-15(11)14-7-6-10-16(12,13)9-4-2/h3-7H,2,8-10H2,1H3. The lowest BCUT2D eigenvalue weighted by Gasteiger charge is -2.01. The Morgan fingerprint density at radius 1 is 1.38 bits per heavy atom. The SMILES string of the molecule is C=CCS(=O)(=O)CC=CS[S+]([O-])CC=CC. The van der Waals surface area contributed by atoms with E-state index in [1.54, 1.807) is 5.41 Å². The van der Waals surface area contributed by atoms with E-state index in [1.165, 1.54) is 12.2 Å². The third-order valence-corrected chi connectivity index (χ3v) is 5.26. The number of hydrogen-bond donors (Lipinski definition) is 0. The van der Waals surface area contributed by atoms with Crippen LogP contribution < -0.4 is 0 Å². The number of sulfone groups is 1. The van der Waals surface area contributed by atoms with Gasteiger partial charge in [-0.25, -0.2) is 8.42 Å². The lowest BCUT2D eigenvalue weighted by molar-refractivity contribution is 0.601. The Labute approximate surface area is 104 Å². The molecule has 0 amide bonds. The summed E-state index contributed by atoms with van der Waals surface area (Å²) in [5, 5.41) is 1.57. The predicted molar refractivity (Wildman–Crippen MR) is 73.4 cm³/mol. The Morgan fingerprint density at radius 3 is 2.62 bits per heavy atom. The van der Waals surface area contributed by atoms with Gasteiger partial charge in [0.2, 0.25) is 0 Å². The fourth-order valence-corrected chi connectivity index (χ4v) is 3.56. The van der Waals surface area contributed by atoms with Gasteiger partial charge in [0.05, 0.1) is 11.5 Å². The van der Waals surface area contributed by atoms with Gasteiger partial charge in [-0.05, 0) is 13.0 Å². The summed E-state index contributed by atoms with van der Waals surface area (Å²) in [6.45, 7) is 5.23. The third-order valence-electron chi connectivity index (χ3n) is 1.45. The number of rotatable bonds is 8. The summed E-state index contributed by atoms with van der Waals surface area (Å²) in [7, 11) is -2.98. The molecule has 16 heavy (non-hydrogen) atoms. The van der Waals surface area contributed by atoms with E-state index in [1.807, 2.05) is 19.1 Å². The fraction of sp³-hybridized carbons (Fsp3) is 0.400. The second-order valence-corrected chi connectivity index (χ2v) is 8.12. The summed E-state index contributed by atoms with van der Waals surface area (Å²) in [4.78, 5) is 0. The molecule has 0 fully saturated rings. The lowest BCUT2D eigenvalue weighted by atomic mass is 10.6. The van der Waals surface area contributed by atoms with Crippen molar-refractivity contribution in [2.24, 2.45) is 0 Å². The minimum atomic E-state index is -3.08. The molecule has 0 aromatic rings. The molecule has 0 aliphatic rings. The summed E-state index contributed by atoms with van der Waals surface area (Å²) < 4.78 is 33.7. The molecule has 0 bridgehead atoms. The minimum Gasteiger partial charge on any atom is -0.605 e. The van der Waals surface area contributed by atoms with Gasteiger partial charge in [0.15, 0.2) is 9.84 Å². The van der Waals surface area contributed by atoms with E-state index >= 15 is 0 Å². The van der Waals surface area contributed by atoms with Crippen LogP contribution in [0.25, 0.3) is 0 Å². The van der Waals surface area contributed by atoms with Crippen molar-refractivity contribution in [3.8, 4) is 0 Å². The maximum atomic E-state index is 11.3. The monoisotopic (exact) mass is 280 g/mol. The van der Waals surface area contributed by atoms with Crippen LogP contribution in [0.15, 0.2) is 36.3 Å². The second kappa shape index (κ2) is 8.92. The molecule has 0 saturated heterocycles. The first-order valence-corrected chi connectivity index (χ1v) is 9.18. The van der Waals surface area contributed by atoms with Crippen LogP contribution in [0.4, 0.5) is 0 Å². The molecule has 0 aliphatic heterocycles. The van der Waals surface area contributed by atoms with E-state index in [0.29, 0.717) is 5.75 Å². The molecule has 0 heterocycles. The van der Waals surface area contributed by atoms with Crippen molar-refractivity contribution in [3.05, 3.63) is 36.3 Å². The fourth-order valence-electron chi connectivity index (χ4n) is 0.749. The first-order chi connectivity index (χ1) is 7.52. The molecule has 0 saturated carbocycles. The van der Waals surface area contributed by atoms with Crippen molar-refractivity contribution in [1.82, 2.24) is 0 Å². The van der Waals surface area contributed by atoms with Crippen molar-refractivity contribution < 1.29 is 13.0 Å². The highest BCUT2D eigenvalue weighted by Gasteiger charge is 2.06. The largest absolute Gasteiger partial charge is 0.605 e. The van der Waals surface area contributed by atoms with Crippen LogP contribution in [0, 0.1) is 0 Å². The van der Waals surface area contributed by atoms with Crippen molar-refractivity contribution in [2.45, 2.75) is 6.92 Å². The van der Waals surface area contributed by atoms with Crippen LogP contribution in [0.3, 0.4) is 0 Å². The molecule has 0 spiro atoms. The van der Waals surface area contributed by atoms with E-state index in [2.05, 4.69) is 6.58 Å². The average Bonchev–Trinajstić information content (AvgIpc) is 2.21. The molecule has 0 N–H and O–H groups in total. The van der Waals surface area contributed by atoms with Gasteiger partial charge in [-0.2, -0.15) is 0 Å². The summed E-state index contributed by atoms with van der Waals surface area (Å²) in [6.07, 6.45) is 6.51. The van der Waals surface area contributed by atoms with E-state index in [9.17, 15) is 13.0 Å². The molecular weight excluding hydrogens is 264 g/mol. The van der Waals surface area contributed by atoms with E-state index in [4.69, 9.17) is 0 Å². The molecule has 6 heteroatoms. The summed E-state index contributed by atoms with van der Waals surface area (Å²) in [5.41, 5.74) is 0. The zero-order chi connectivity index (χ0) is 12.4. The summed E-state index contributed by atoms with van der Waals surface area (Å²) in [5.74, 6) is 0.418. The van der Waals surface area contributed by atoms with E-state index < -0.39 is 20.0 Å². The van der Waals surface area contributed by atoms with Crippen LogP contribution in [0.1, 0.15) is 6.92 Å². The van der Waals surface area contributed by atoms with Crippen LogP contribution in [0.5, 0.6) is 0 Å². The van der Waals surface area contributed by atoms with Crippen molar-refractivity contribution in [2.75, 3.05) is 17.3 Å². The highest BCUT2D eigenvalue weighted by Crippen LogP contribution is 2.14. The van der Waals surface area contributed by atoms with E-state index in [-0.39, 0.29) is 11.5 Å². The molecule has 0 radical (unpaired) electrons. The Bertz CT molecular complexity index is 344. The normalized spacial score (nSPS) is 14.6. The van der Waals surface area contributed by atoms with Crippen molar-refractivity contribution >= 4 is 30.8 Å². The van der Waals surface area contributed by atoms with Crippen LogP contribution in [0.2, 0.25) is 0 Å². The average molecular weight is 280 g/mol. The first-order valence-electron chi connectivity index (χ1n) is 4.65. The summed E-state index contributed by atoms with van der Waals surface area (Å²) >= 11 is 0. The van der Waals surface area contributed by atoms with Gasteiger partial charge in [0.1, 0.15) is 16.5 Å². The van der Waals surface area contributed by atoms with Gasteiger partial charge < -0.3 is 4.55 Å². The molecule has 92 valence electrons. The smallest absolute Gasteiger partial charge is 0.157 e. The molecule has 0 aromatic carbocycles. The van der Waals surface area contributed by atoms with Crippen molar-refractivity contribution in [1.29, 1.82) is 0 Å². The van der Waals surface area contributed by atoms with E-state index in [0.717, 1.165) is 10.8 Å². The van der Waals surface area contributed by atoms with Gasteiger partial charge in [-0.3, -0.25) is 0 Å². The molecule has 0 aromatic heterocycles. The van der Waals surface area contributed by atoms with Crippen LogP contribution in [-0.2, 0) is 20.0 Å². The number of allylic oxidation sites excluding steroid dienone is 1. The Morgan fingerprint density at radius 2 is 2.06 bits per heavy atom.